The molecule has 0 aliphatic carbocycles. The number of carbonyl (C=O) groups is 1. The molecular weight excluding hydrogens is 296 g/mol. The third-order valence-corrected chi connectivity index (χ3v) is 3.18. The van der Waals surface area contributed by atoms with Crippen LogP contribution in [0.25, 0.3) is 0 Å². The number of ether oxygens (including phenoxy) is 1. The zero-order valence-electron chi connectivity index (χ0n) is 10.9. The van der Waals surface area contributed by atoms with Gasteiger partial charge in [-0.2, -0.15) is 0 Å². The first-order valence-electron chi connectivity index (χ1n) is 5.71. The van der Waals surface area contributed by atoms with Gasteiger partial charge < -0.3 is 15.8 Å². The SMILES string of the molecule is COc1ccc(Br)cc1C(=O)NCC(C)(C)CN. The largest absolute Gasteiger partial charge is 0.496 e. The van der Waals surface area contributed by atoms with E-state index in [-0.39, 0.29) is 11.3 Å². The van der Waals surface area contributed by atoms with E-state index in [9.17, 15) is 4.79 Å². The van der Waals surface area contributed by atoms with Crippen LogP contribution in [0.3, 0.4) is 0 Å². The van der Waals surface area contributed by atoms with E-state index < -0.39 is 0 Å². The van der Waals surface area contributed by atoms with Crippen molar-refractivity contribution in [1.82, 2.24) is 5.32 Å². The summed E-state index contributed by atoms with van der Waals surface area (Å²) in [7, 11) is 1.55. The van der Waals surface area contributed by atoms with Gasteiger partial charge in [0.2, 0.25) is 0 Å². The Kier molecular flexibility index (Phi) is 5.16. The third kappa shape index (κ3) is 3.99. The first-order chi connectivity index (χ1) is 8.39. The second-order valence-corrected chi connectivity index (χ2v) is 5.81. The molecule has 0 atom stereocenters. The fourth-order valence-corrected chi connectivity index (χ4v) is 1.71. The lowest BCUT2D eigenvalue weighted by molar-refractivity contribution is 0.0935. The van der Waals surface area contributed by atoms with Gasteiger partial charge in [0, 0.05) is 11.0 Å². The zero-order valence-corrected chi connectivity index (χ0v) is 12.5. The zero-order chi connectivity index (χ0) is 13.8. The summed E-state index contributed by atoms with van der Waals surface area (Å²) in [5.74, 6) is 0.399. The number of nitrogens with one attached hydrogen (secondary N) is 1. The summed E-state index contributed by atoms with van der Waals surface area (Å²) >= 11 is 3.34. The van der Waals surface area contributed by atoms with Gasteiger partial charge in [-0.15, -0.1) is 0 Å². The van der Waals surface area contributed by atoms with Crippen LogP contribution >= 0.6 is 15.9 Å². The molecular formula is C13H19BrN2O2. The fourth-order valence-electron chi connectivity index (χ4n) is 1.34. The Hall–Kier alpha value is -1.07. The number of hydrogen-bond acceptors (Lipinski definition) is 3. The second-order valence-electron chi connectivity index (χ2n) is 4.90. The van der Waals surface area contributed by atoms with Crippen LogP contribution in [-0.2, 0) is 0 Å². The predicted octanol–water partition coefficient (Wildman–Crippen LogP) is 2.17. The normalized spacial score (nSPS) is 11.2. The summed E-state index contributed by atoms with van der Waals surface area (Å²) in [4.78, 5) is 12.1. The predicted molar refractivity (Wildman–Crippen MR) is 75.9 cm³/mol. The highest BCUT2D eigenvalue weighted by molar-refractivity contribution is 9.10. The van der Waals surface area contributed by atoms with E-state index in [0.29, 0.717) is 24.4 Å². The van der Waals surface area contributed by atoms with Gasteiger partial charge in [0.15, 0.2) is 0 Å². The number of rotatable bonds is 5. The Morgan fingerprint density at radius 1 is 1.50 bits per heavy atom. The van der Waals surface area contributed by atoms with E-state index in [1.54, 1.807) is 19.2 Å². The standard InChI is InChI=1S/C13H19BrN2O2/c1-13(2,7-15)8-16-12(17)10-6-9(14)4-5-11(10)18-3/h4-6H,7-8,15H2,1-3H3,(H,16,17). The molecule has 0 aromatic heterocycles. The van der Waals surface area contributed by atoms with E-state index in [1.807, 2.05) is 19.9 Å². The van der Waals surface area contributed by atoms with Crippen LogP contribution in [0.15, 0.2) is 22.7 Å². The van der Waals surface area contributed by atoms with Crippen LogP contribution < -0.4 is 15.8 Å². The first-order valence-corrected chi connectivity index (χ1v) is 6.51. The van der Waals surface area contributed by atoms with Gasteiger partial charge in [-0.3, -0.25) is 4.79 Å². The maximum absolute atomic E-state index is 12.1. The highest BCUT2D eigenvalue weighted by atomic mass is 79.9. The molecule has 0 radical (unpaired) electrons. The average Bonchev–Trinajstić information content (AvgIpc) is 2.36. The summed E-state index contributed by atoms with van der Waals surface area (Å²) in [6, 6.07) is 5.33. The minimum Gasteiger partial charge on any atom is -0.496 e. The molecule has 0 saturated carbocycles. The first kappa shape index (κ1) is 15.0. The fraction of sp³-hybridized carbons (Fsp3) is 0.462. The molecule has 0 heterocycles. The summed E-state index contributed by atoms with van der Waals surface area (Å²) in [6.45, 7) is 5.05. The Morgan fingerprint density at radius 2 is 2.17 bits per heavy atom. The van der Waals surface area contributed by atoms with Crippen molar-refractivity contribution in [2.75, 3.05) is 20.2 Å². The lowest BCUT2D eigenvalue weighted by Crippen LogP contribution is -2.38. The Morgan fingerprint density at radius 3 is 2.72 bits per heavy atom. The number of amides is 1. The minimum atomic E-state index is -0.158. The Labute approximate surface area is 116 Å². The van der Waals surface area contributed by atoms with Crippen LogP contribution in [0.2, 0.25) is 0 Å². The highest BCUT2D eigenvalue weighted by Gasteiger charge is 2.19. The van der Waals surface area contributed by atoms with Crippen molar-refractivity contribution in [2.24, 2.45) is 11.1 Å². The maximum atomic E-state index is 12.1. The molecule has 3 N–H and O–H groups in total. The number of benzene rings is 1. The maximum Gasteiger partial charge on any atom is 0.255 e. The van der Waals surface area contributed by atoms with Crippen molar-refractivity contribution in [1.29, 1.82) is 0 Å². The second kappa shape index (κ2) is 6.20. The van der Waals surface area contributed by atoms with Crippen molar-refractivity contribution < 1.29 is 9.53 Å². The number of hydrogen-bond donors (Lipinski definition) is 2. The lowest BCUT2D eigenvalue weighted by atomic mass is 9.94. The Balaban J connectivity index is 2.81. The number of nitrogens with two attached hydrogens (primary N) is 1. The molecule has 5 heteroatoms. The number of methoxy groups -OCH3 is 1. The quantitative estimate of drug-likeness (QED) is 0.875. The molecule has 1 amide bonds. The van der Waals surface area contributed by atoms with Gasteiger partial charge in [-0.05, 0) is 30.2 Å². The topological polar surface area (TPSA) is 64.3 Å². The molecule has 0 aliphatic rings. The van der Waals surface area contributed by atoms with Gasteiger partial charge >= 0.3 is 0 Å². The molecule has 1 aromatic rings. The van der Waals surface area contributed by atoms with Crippen molar-refractivity contribution in [2.45, 2.75) is 13.8 Å². The summed E-state index contributed by atoms with van der Waals surface area (Å²) in [5, 5.41) is 2.87. The molecule has 0 unspecified atom stereocenters. The van der Waals surface area contributed by atoms with Crippen LogP contribution in [0.4, 0.5) is 0 Å². The third-order valence-electron chi connectivity index (χ3n) is 2.69. The molecule has 4 nitrogen and oxygen atoms in total. The van der Waals surface area contributed by atoms with E-state index >= 15 is 0 Å². The molecule has 0 fully saturated rings. The van der Waals surface area contributed by atoms with Gasteiger partial charge in [0.05, 0.1) is 12.7 Å². The summed E-state index contributed by atoms with van der Waals surface area (Å²) < 4.78 is 6.01. The van der Waals surface area contributed by atoms with E-state index in [2.05, 4.69) is 21.2 Å². The van der Waals surface area contributed by atoms with Crippen LogP contribution in [0.1, 0.15) is 24.2 Å². The van der Waals surface area contributed by atoms with E-state index in [1.165, 1.54) is 0 Å². The van der Waals surface area contributed by atoms with Gasteiger partial charge in [-0.25, -0.2) is 0 Å². The van der Waals surface area contributed by atoms with Crippen molar-refractivity contribution in [3.8, 4) is 5.75 Å². The van der Waals surface area contributed by atoms with E-state index in [4.69, 9.17) is 10.5 Å². The molecule has 18 heavy (non-hydrogen) atoms. The summed E-state index contributed by atoms with van der Waals surface area (Å²) in [6.07, 6.45) is 0. The molecule has 100 valence electrons. The molecule has 0 aliphatic heterocycles. The lowest BCUT2D eigenvalue weighted by Gasteiger charge is -2.22. The monoisotopic (exact) mass is 314 g/mol. The van der Waals surface area contributed by atoms with Crippen LogP contribution in [0, 0.1) is 5.41 Å². The van der Waals surface area contributed by atoms with Crippen LogP contribution in [-0.4, -0.2) is 26.1 Å². The van der Waals surface area contributed by atoms with Crippen molar-refractivity contribution in [3.63, 3.8) is 0 Å². The number of carbonyl (C=O) groups excluding carboxylic acids is 1. The molecule has 0 spiro atoms. The molecule has 0 saturated heterocycles. The molecule has 1 rings (SSSR count). The minimum absolute atomic E-state index is 0.116. The van der Waals surface area contributed by atoms with Gasteiger partial charge in [0.25, 0.3) is 5.91 Å². The van der Waals surface area contributed by atoms with Crippen molar-refractivity contribution in [3.05, 3.63) is 28.2 Å². The van der Waals surface area contributed by atoms with Gasteiger partial charge in [-0.1, -0.05) is 29.8 Å². The average molecular weight is 315 g/mol. The van der Waals surface area contributed by atoms with Crippen LogP contribution in [0.5, 0.6) is 5.75 Å². The summed E-state index contributed by atoms with van der Waals surface area (Å²) in [5.41, 5.74) is 6.03. The smallest absolute Gasteiger partial charge is 0.255 e. The highest BCUT2D eigenvalue weighted by Crippen LogP contribution is 2.23. The molecule has 1 aromatic carbocycles. The van der Waals surface area contributed by atoms with Crippen molar-refractivity contribution >= 4 is 21.8 Å². The Bertz CT molecular complexity index is 433. The molecule has 0 bridgehead atoms. The number of halogens is 1. The van der Waals surface area contributed by atoms with Gasteiger partial charge in [0.1, 0.15) is 5.75 Å². The van der Waals surface area contributed by atoms with E-state index in [0.717, 1.165) is 4.47 Å².